The maximum atomic E-state index is 9.09. The highest BCUT2D eigenvalue weighted by molar-refractivity contribution is 9.10. The Bertz CT molecular complexity index is 1050. The van der Waals surface area contributed by atoms with Crippen LogP contribution >= 0.6 is 15.9 Å². The van der Waals surface area contributed by atoms with Gasteiger partial charge in [0, 0.05) is 17.4 Å². The molecule has 0 atom stereocenters. The zero-order valence-corrected chi connectivity index (χ0v) is 16.3. The van der Waals surface area contributed by atoms with E-state index in [1.54, 1.807) is 30.3 Å². The van der Waals surface area contributed by atoms with Crippen LogP contribution in [0.1, 0.15) is 22.3 Å². The van der Waals surface area contributed by atoms with Gasteiger partial charge in [-0.1, -0.05) is 0 Å². The molecule has 0 saturated heterocycles. The summed E-state index contributed by atoms with van der Waals surface area (Å²) in [4.78, 5) is 8.83. The van der Waals surface area contributed by atoms with Crippen LogP contribution in [-0.4, -0.2) is 9.97 Å². The Labute approximate surface area is 165 Å². The minimum Gasteiger partial charge on any atom is -0.340 e. The second-order valence-corrected chi connectivity index (χ2v) is 6.75. The molecule has 0 fully saturated rings. The predicted octanol–water partition coefficient (Wildman–Crippen LogP) is 5.09. The first kappa shape index (κ1) is 18.4. The van der Waals surface area contributed by atoms with Crippen LogP contribution < -0.4 is 10.6 Å². The molecule has 3 aromatic rings. The van der Waals surface area contributed by atoms with Crippen molar-refractivity contribution in [1.82, 2.24) is 9.97 Å². The van der Waals surface area contributed by atoms with Gasteiger partial charge in [-0.2, -0.15) is 15.5 Å². The highest BCUT2D eigenvalue weighted by Crippen LogP contribution is 2.27. The molecule has 0 bridgehead atoms. The standard InChI is InChI=1S/C20H15BrN6/c1-12-7-15(11-23)8-13(2)19(12)26-18-9-17(21)25-20(27-18)24-16-5-3-14(10-22)4-6-16/h3-9H,1-2H3,(H2,24,25,26,27). The van der Waals surface area contributed by atoms with Crippen molar-refractivity contribution in [2.75, 3.05) is 10.6 Å². The second kappa shape index (κ2) is 7.86. The normalized spacial score (nSPS) is 9.96. The molecule has 7 heteroatoms. The Kier molecular flexibility index (Phi) is 5.35. The number of benzene rings is 2. The highest BCUT2D eigenvalue weighted by atomic mass is 79.9. The number of nitrogens with one attached hydrogen (secondary N) is 2. The number of halogens is 1. The lowest BCUT2D eigenvalue weighted by Crippen LogP contribution is -2.03. The van der Waals surface area contributed by atoms with Crippen LogP contribution in [0.2, 0.25) is 0 Å². The third kappa shape index (κ3) is 4.41. The van der Waals surface area contributed by atoms with E-state index in [1.807, 2.05) is 26.0 Å². The zero-order chi connectivity index (χ0) is 19.4. The maximum Gasteiger partial charge on any atom is 0.230 e. The van der Waals surface area contributed by atoms with Gasteiger partial charge in [0.2, 0.25) is 5.95 Å². The van der Waals surface area contributed by atoms with E-state index in [9.17, 15) is 0 Å². The molecule has 0 unspecified atom stereocenters. The first-order chi connectivity index (χ1) is 13.0. The van der Waals surface area contributed by atoms with Crippen LogP contribution in [0.3, 0.4) is 0 Å². The summed E-state index contributed by atoms with van der Waals surface area (Å²) in [6.07, 6.45) is 0. The van der Waals surface area contributed by atoms with Gasteiger partial charge in [0.1, 0.15) is 10.4 Å². The Morgan fingerprint density at radius 1 is 0.852 bits per heavy atom. The van der Waals surface area contributed by atoms with Gasteiger partial charge in [-0.25, -0.2) is 4.98 Å². The number of aryl methyl sites for hydroxylation is 2. The van der Waals surface area contributed by atoms with E-state index >= 15 is 0 Å². The van der Waals surface area contributed by atoms with Crippen molar-refractivity contribution in [2.45, 2.75) is 13.8 Å². The van der Waals surface area contributed by atoms with E-state index in [0.717, 1.165) is 22.5 Å². The molecular formula is C20H15BrN6. The summed E-state index contributed by atoms with van der Waals surface area (Å²) in [6, 6.07) is 16.7. The lowest BCUT2D eigenvalue weighted by molar-refractivity contribution is 1.14. The summed E-state index contributed by atoms with van der Waals surface area (Å²) in [5, 5.41) is 24.4. The molecule has 2 N–H and O–H groups in total. The van der Waals surface area contributed by atoms with Crippen molar-refractivity contribution in [1.29, 1.82) is 10.5 Å². The summed E-state index contributed by atoms with van der Waals surface area (Å²) >= 11 is 3.41. The Hall–Kier alpha value is -3.42. The van der Waals surface area contributed by atoms with Crippen LogP contribution in [0.15, 0.2) is 47.1 Å². The number of aromatic nitrogens is 2. The van der Waals surface area contributed by atoms with E-state index < -0.39 is 0 Å². The molecule has 6 nitrogen and oxygen atoms in total. The predicted molar refractivity (Wildman–Crippen MR) is 108 cm³/mol. The average molecular weight is 419 g/mol. The average Bonchev–Trinajstić information content (AvgIpc) is 2.64. The van der Waals surface area contributed by atoms with Gasteiger partial charge in [-0.05, 0) is 77.3 Å². The molecule has 3 rings (SSSR count). The number of anilines is 4. The molecule has 0 saturated carbocycles. The Morgan fingerprint density at radius 2 is 1.48 bits per heavy atom. The molecule has 0 aliphatic carbocycles. The summed E-state index contributed by atoms with van der Waals surface area (Å²) < 4.78 is 0.625. The maximum absolute atomic E-state index is 9.09. The van der Waals surface area contributed by atoms with Crippen molar-refractivity contribution in [3.05, 3.63) is 69.3 Å². The molecule has 0 aliphatic rings. The lowest BCUT2D eigenvalue weighted by atomic mass is 10.0. The minimum absolute atomic E-state index is 0.417. The van der Waals surface area contributed by atoms with Crippen molar-refractivity contribution in [3.8, 4) is 12.1 Å². The molecule has 1 aromatic heterocycles. The topological polar surface area (TPSA) is 97.4 Å². The van der Waals surface area contributed by atoms with Crippen LogP contribution in [-0.2, 0) is 0 Å². The van der Waals surface area contributed by atoms with Crippen LogP contribution in [0.4, 0.5) is 23.1 Å². The van der Waals surface area contributed by atoms with Crippen molar-refractivity contribution in [3.63, 3.8) is 0 Å². The fourth-order valence-electron chi connectivity index (χ4n) is 2.65. The summed E-state index contributed by atoms with van der Waals surface area (Å²) in [5.74, 6) is 1.03. The van der Waals surface area contributed by atoms with Gasteiger partial charge in [-0.15, -0.1) is 0 Å². The molecule has 132 valence electrons. The van der Waals surface area contributed by atoms with E-state index in [0.29, 0.717) is 27.5 Å². The molecular weight excluding hydrogens is 404 g/mol. The van der Waals surface area contributed by atoms with Gasteiger partial charge in [0.05, 0.1) is 23.3 Å². The third-order valence-electron chi connectivity index (χ3n) is 3.88. The first-order valence-corrected chi connectivity index (χ1v) is 8.88. The van der Waals surface area contributed by atoms with Gasteiger partial charge < -0.3 is 10.6 Å². The molecule has 2 aromatic carbocycles. The molecule has 0 amide bonds. The Morgan fingerprint density at radius 3 is 2.07 bits per heavy atom. The smallest absolute Gasteiger partial charge is 0.230 e. The van der Waals surface area contributed by atoms with Crippen molar-refractivity contribution in [2.24, 2.45) is 0 Å². The van der Waals surface area contributed by atoms with E-state index in [1.165, 1.54) is 0 Å². The SMILES string of the molecule is Cc1cc(C#N)cc(C)c1Nc1cc(Br)nc(Nc2ccc(C#N)cc2)n1. The van der Waals surface area contributed by atoms with Crippen molar-refractivity contribution < 1.29 is 0 Å². The number of hydrogen-bond acceptors (Lipinski definition) is 6. The summed E-state index contributed by atoms with van der Waals surface area (Å²) in [7, 11) is 0. The largest absolute Gasteiger partial charge is 0.340 e. The zero-order valence-electron chi connectivity index (χ0n) is 14.7. The van der Waals surface area contributed by atoms with Crippen LogP contribution in [0, 0.1) is 36.5 Å². The van der Waals surface area contributed by atoms with Crippen LogP contribution in [0.5, 0.6) is 0 Å². The number of nitriles is 2. The highest BCUT2D eigenvalue weighted by Gasteiger charge is 2.09. The molecule has 0 aliphatic heterocycles. The van der Waals surface area contributed by atoms with Gasteiger partial charge >= 0.3 is 0 Å². The third-order valence-corrected chi connectivity index (χ3v) is 4.29. The van der Waals surface area contributed by atoms with Gasteiger partial charge in [0.25, 0.3) is 0 Å². The number of hydrogen-bond donors (Lipinski definition) is 2. The van der Waals surface area contributed by atoms with Gasteiger partial charge in [-0.3, -0.25) is 0 Å². The Balaban J connectivity index is 1.88. The number of rotatable bonds is 4. The first-order valence-electron chi connectivity index (χ1n) is 8.08. The van der Waals surface area contributed by atoms with Gasteiger partial charge in [0.15, 0.2) is 0 Å². The molecule has 1 heterocycles. The summed E-state index contributed by atoms with van der Waals surface area (Å²) in [5.41, 5.74) is 4.82. The monoisotopic (exact) mass is 418 g/mol. The lowest BCUT2D eigenvalue weighted by Gasteiger charge is -2.14. The van der Waals surface area contributed by atoms with E-state index in [4.69, 9.17) is 10.5 Å². The molecule has 27 heavy (non-hydrogen) atoms. The number of nitrogens with zero attached hydrogens (tertiary/aromatic N) is 4. The van der Waals surface area contributed by atoms with E-state index in [-0.39, 0.29) is 0 Å². The van der Waals surface area contributed by atoms with Crippen molar-refractivity contribution >= 4 is 39.1 Å². The molecule has 0 spiro atoms. The quantitative estimate of drug-likeness (QED) is 0.572. The summed E-state index contributed by atoms with van der Waals surface area (Å²) in [6.45, 7) is 3.89. The minimum atomic E-state index is 0.417. The molecule has 0 radical (unpaired) electrons. The van der Waals surface area contributed by atoms with Crippen LogP contribution in [0.25, 0.3) is 0 Å². The second-order valence-electron chi connectivity index (χ2n) is 5.94. The van der Waals surface area contributed by atoms with E-state index in [2.05, 4.69) is 48.7 Å². The fourth-order valence-corrected chi connectivity index (χ4v) is 3.03. The fraction of sp³-hybridized carbons (Fsp3) is 0.100.